The summed E-state index contributed by atoms with van der Waals surface area (Å²) in [7, 11) is 0. The zero-order valence-electron chi connectivity index (χ0n) is 6.10. The molecule has 0 aliphatic carbocycles. The van der Waals surface area contributed by atoms with Crippen molar-refractivity contribution in [2.45, 2.75) is 0 Å². The molecular weight excluding hydrogens is 156 g/mol. The van der Waals surface area contributed by atoms with Crippen molar-refractivity contribution >= 4 is 11.0 Å². The van der Waals surface area contributed by atoms with Gasteiger partial charge < -0.3 is 5.84 Å². The molecule has 0 unspecified atom stereocenters. The maximum Gasteiger partial charge on any atom is 0.184 e. The van der Waals surface area contributed by atoms with Gasteiger partial charge in [-0.15, -0.1) is 0 Å². The Morgan fingerprint density at radius 2 is 2.17 bits per heavy atom. The SMILES string of the molecule is N/N=c1\nccnc2[nH]ncc12. The number of rotatable bonds is 0. The Morgan fingerprint density at radius 1 is 1.33 bits per heavy atom. The molecule has 6 nitrogen and oxygen atoms in total. The minimum Gasteiger partial charge on any atom is -0.321 e. The van der Waals surface area contributed by atoms with Crippen LogP contribution in [-0.2, 0) is 0 Å². The summed E-state index contributed by atoms with van der Waals surface area (Å²) in [5.41, 5.74) is 1.05. The van der Waals surface area contributed by atoms with Crippen LogP contribution in [0.1, 0.15) is 0 Å². The van der Waals surface area contributed by atoms with Gasteiger partial charge in [0.05, 0.1) is 11.6 Å². The van der Waals surface area contributed by atoms with Crippen LogP contribution < -0.4 is 11.3 Å². The van der Waals surface area contributed by atoms with Gasteiger partial charge in [0.25, 0.3) is 0 Å². The van der Waals surface area contributed by atoms with Crippen LogP contribution >= 0.6 is 0 Å². The van der Waals surface area contributed by atoms with Crippen LogP contribution in [0.5, 0.6) is 0 Å². The third-order valence-electron chi connectivity index (χ3n) is 1.45. The summed E-state index contributed by atoms with van der Waals surface area (Å²) < 4.78 is 0. The fraction of sp³-hybridized carbons (Fsp3) is 0. The molecule has 0 aromatic carbocycles. The van der Waals surface area contributed by atoms with E-state index in [1.807, 2.05) is 0 Å². The van der Waals surface area contributed by atoms with Gasteiger partial charge in [0.15, 0.2) is 11.1 Å². The number of aromatic amines is 1. The smallest absolute Gasteiger partial charge is 0.184 e. The first-order valence-electron chi connectivity index (χ1n) is 3.30. The molecule has 0 bridgehead atoms. The van der Waals surface area contributed by atoms with E-state index in [1.165, 1.54) is 6.20 Å². The van der Waals surface area contributed by atoms with E-state index in [0.717, 1.165) is 0 Å². The molecule has 2 aromatic heterocycles. The van der Waals surface area contributed by atoms with Crippen LogP contribution in [0.4, 0.5) is 0 Å². The molecule has 60 valence electrons. The van der Waals surface area contributed by atoms with Gasteiger partial charge in [0.2, 0.25) is 0 Å². The summed E-state index contributed by atoms with van der Waals surface area (Å²) in [4.78, 5) is 7.96. The monoisotopic (exact) mass is 162 g/mol. The molecule has 0 aliphatic heterocycles. The number of hydrogen-bond acceptors (Lipinski definition) is 5. The zero-order chi connectivity index (χ0) is 8.39. The van der Waals surface area contributed by atoms with Gasteiger partial charge in [-0.3, -0.25) is 5.10 Å². The quantitative estimate of drug-likeness (QED) is 0.389. The van der Waals surface area contributed by atoms with Gasteiger partial charge in [0.1, 0.15) is 0 Å². The molecule has 6 heteroatoms. The fourth-order valence-electron chi connectivity index (χ4n) is 0.926. The Labute approximate surface area is 67.2 Å². The largest absolute Gasteiger partial charge is 0.321 e. The molecule has 0 fully saturated rings. The van der Waals surface area contributed by atoms with Gasteiger partial charge >= 0.3 is 0 Å². The van der Waals surface area contributed by atoms with Gasteiger partial charge in [-0.25, -0.2) is 9.97 Å². The van der Waals surface area contributed by atoms with E-state index in [2.05, 4.69) is 25.3 Å². The second-order valence-electron chi connectivity index (χ2n) is 2.14. The molecule has 0 aliphatic rings. The number of nitrogens with one attached hydrogen (secondary N) is 1. The molecule has 0 radical (unpaired) electrons. The average Bonchev–Trinajstić information content (AvgIpc) is 2.46. The minimum absolute atomic E-state index is 0.427. The third kappa shape index (κ3) is 0.895. The highest BCUT2D eigenvalue weighted by atomic mass is 15.2. The summed E-state index contributed by atoms with van der Waals surface area (Å²) in [6.07, 6.45) is 4.66. The van der Waals surface area contributed by atoms with E-state index >= 15 is 0 Å². The predicted molar refractivity (Wildman–Crippen MR) is 41.4 cm³/mol. The zero-order valence-corrected chi connectivity index (χ0v) is 6.10. The highest BCUT2D eigenvalue weighted by molar-refractivity contribution is 5.71. The van der Waals surface area contributed by atoms with Gasteiger partial charge in [-0.2, -0.15) is 10.2 Å². The molecule has 12 heavy (non-hydrogen) atoms. The lowest BCUT2D eigenvalue weighted by Crippen LogP contribution is -2.07. The normalized spacial score (nSPS) is 12.2. The topological polar surface area (TPSA) is 92.8 Å². The summed E-state index contributed by atoms with van der Waals surface area (Å²) >= 11 is 0. The second-order valence-corrected chi connectivity index (χ2v) is 2.14. The van der Waals surface area contributed by atoms with Gasteiger partial charge in [-0.05, 0) is 0 Å². The number of H-pyrrole nitrogens is 1. The molecule has 0 saturated heterocycles. The van der Waals surface area contributed by atoms with Crippen molar-refractivity contribution in [3.05, 3.63) is 24.1 Å². The number of hydrogen-bond donors (Lipinski definition) is 2. The van der Waals surface area contributed by atoms with Crippen molar-refractivity contribution in [1.29, 1.82) is 0 Å². The number of aromatic nitrogens is 4. The summed E-state index contributed by atoms with van der Waals surface area (Å²) in [6.45, 7) is 0. The Balaban J connectivity index is 3.04. The molecule has 2 heterocycles. The Hall–Kier alpha value is -1.98. The highest BCUT2D eigenvalue weighted by Gasteiger charge is 1.96. The lowest BCUT2D eigenvalue weighted by atomic mass is 10.4. The minimum atomic E-state index is 0.427. The lowest BCUT2D eigenvalue weighted by molar-refractivity contribution is 1.07. The molecule has 0 saturated carbocycles. The Morgan fingerprint density at radius 3 is 3.00 bits per heavy atom. The maximum absolute atomic E-state index is 5.12. The Kier molecular flexibility index (Phi) is 1.44. The van der Waals surface area contributed by atoms with Gasteiger partial charge in [-0.1, -0.05) is 0 Å². The highest BCUT2D eigenvalue weighted by Crippen LogP contribution is 1.96. The van der Waals surface area contributed by atoms with E-state index in [1.54, 1.807) is 12.4 Å². The van der Waals surface area contributed by atoms with Crippen molar-refractivity contribution in [1.82, 2.24) is 20.2 Å². The summed E-state index contributed by atoms with van der Waals surface area (Å²) in [5.74, 6) is 5.12. The van der Waals surface area contributed by atoms with Crippen molar-refractivity contribution < 1.29 is 0 Å². The maximum atomic E-state index is 5.12. The van der Waals surface area contributed by atoms with E-state index in [-0.39, 0.29) is 0 Å². The van der Waals surface area contributed by atoms with Crippen molar-refractivity contribution in [3.63, 3.8) is 0 Å². The molecule has 0 amide bonds. The third-order valence-corrected chi connectivity index (χ3v) is 1.45. The number of nitrogens with zero attached hydrogens (tertiary/aromatic N) is 4. The number of nitrogens with two attached hydrogens (primary N) is 1. The van der Waals surface area contributed by atoms with E-state index in [0.29, 0.717) is 16.5 Å². The predicted octanol–water partition coefficient (Wildman–Crippen LogP) is -0.873. The van der Waals surface area contributed by atoms with Crippen LogP contribution in [0.25, 0.3) is 11.0 Å². The van der Waals surface area contributed by atoms with Crippen LogP contribution in [0.2, 0.25) is 0 Å². The van der Waals surface area contributed by atoms with Crippen molar-refractivity contribution in [3.8, 4) is 0 Å². The lowest BCUT2D eigenvalue weighted by Gasteiger charge is -1.76. The van der Waals surface area contributed by atoms with Crippen LogP contribution in [0, 0.1) is 0 Å². The van der Waals surface area contributed by atoms with E-state index < -0.39 is 0 Å². The second kappa shape index (κ2) is 2.57. The summed E-state index contributed by atoms with van der Waals surface area (Å²) in [5, 5.41) is 10.7. The fourth-order valence-corrected chi connectivity index (χ4v) is 0.926. The first-order valence-corrected chi connectivity index (χ1v) is 3.30. The van der Waals surface area contributed by atoms with Crippen LogP contribution in [0.3, 0.4) is 0 Å². The molecule has 0 spiro atoms. The van der Waals surface area contributed by atoms with E-state index in [4.69, 9.17) is 5.84 Å². The van der Waals surface area contributed by atoms with Crippen molar-refractivity contribution in [2.24, 2.45) is 10.9 Å². The van der Waals surface area contributed by atoms with Gasteiger partial charge in [0, 0.05) is 12.4 Å². The molecule has 2 aromatic rings. The Bertz CT molecular complexity index is 459. The molecule has 0 atom stereocenters. The van der Waals surface area contributed by atoms with Crippen molar-refractivity contribution in [2.75, 3.05) is 0 Å². The van der Waals surface area contributed by atoms with E-state index in [9.17, 15) is 0 Å². The first-order chi connectivity index (χ1) is 5.92. The molecule has 3 N–H and O–H groups in total. The molecule has 2 rings (SSSR count). The number of fused-ring (bicyclic) bond motifs is 1. The molecular formula is C6H6N6. The van der Waals surface area contributed by atoms with Crippen LogP contribution in [0.15, 0.2) is 23.7 Å². The first kappa shape index (κ1) is 6.71. The summed E-state index contributed by atoms with van der Waals surface area (Å²) in [6, 6.07) is 0. The van der Waals surface area contributed by atoms with Crippen LogP contribution in [-0.4, -0.2) is 20.2 Å². The standard InChI is InChI=1S/C6H6N6/c7-11-5-4-3-10-12-6(4)9-2-1-8-5/h1-3H,7H2,(H,10,12)/b11-5-. The average molecular weight is 162 g/mol.